The van der Waals surface area contributed by atoms with Crippen LogP contribution in [0.1, 0.15) is 29.5 Å². The van der Waals surface area contributed by atoms with Crippen LogP contribution >= 0.6 is 11.3 Å². The van der Waals surface area contributed by atoms with Gasteiger partial charge < -0.3 is 20.8 Å². The molecule has 1 aliphatic rings. The minimum Gasteiger partial charge on any atom is -0.508 e. The number of aromatic hydroxyl groups is 2. The molecule has 0 radical (unpaired) electrons. The number of hydrogen-bond donors (Lipinski definition) is 5. The summed E-state index contributed by atoms with van der Waals surface area (Å²) in [6.07, 6.45) is 8.29. The number of allylic oxidation sites excluding steroid dienone is 3. The summed E-state index contributed by atoms with van der Waals surface area (Å²) in [7, 11) is 0. The fourth-order valence-electron chi connectivity index (χ4n) is 7.54. The maximum atomic E-state index is 10.6. The minimum absolute atomic E-state index is 0.152. The van der Waals surface area contributed by atoms with Gasteiger partial charge in [0.15, 0.2) is 0 Å². The number of anilines is 5. The zero-order valence-corrected chi connectivity index (χ0v) is 32.6. The van der Waals surface area contributed by atoms with Crippen molar-refractivity contribution in [1.29, 1.82) is 0 Å². The Hall–Kier alpha value is -6.54. The summed E-state index contributed by atoms with van der Waals surface area (Å²) < 4.78 is 0.152. The molecule has 0 fully saturated rings. The third-order valence-corrected chi connectivity index (χ3v) is 11.3. The van der Waals surface area contributed by atoms with Gasteiger partial charge in [0.2, 0.25) is 10.7 Å². The van der Waals surface area contributed by atoms with Crippen molar-refractivity contribution < 1.29 is 10.2 Å². The molecule has 1 aromatic heterocycles. The second-order valence-corrected chi connectivity index (χ2v) is 15.2. The first kappa shape index (κ1) is 36.4. The lowest BCUT2D eigenvalue weighted by Gasteiger charge is -2.41. The highest BCUT2D eigenvalue weighted by atomic mass is 32.1. The number of hydrogen-bond acceptors (Lipinski definition) is 6. The molecule has 7 heteroatoms. The number of benzene rings is 6. The monoisotopic (exact) mass is 753 g/mol. The second-order valence-electron chi connectivity index (χ2n) is 14.3. The Kier molecular flexibility index (Phi) is 10.2. The molecular weight excluding hydrogens is 709 g/mol. The van der Waals surface area contributed by atoms with Crippen molar-refractivity contribution in [3.8, 4) is 33.8 Å². The highest BCUT2D eigenvalue weighted by Crippen LogP contribution is 2.59. The minimum atomic E-state index is 0.152. The van der Waals surface area contributed by atoms with E-state index in [1.807, 2.05) is 24.3 Å². The number of phenolic OH excluding ortho intramolecular Hbond substituents is 2. The standard InChI is InChI=1S/C49H44N4O2S/c1-33-16-22-38(23-17-33)50-47-35(3)45(37-20-28-42(54)29-21-37)48(51-39-24-18-34(2)19-25-39)49(46(47)36-11-6-4-7-12-36)53(44-15-10-32-56-44,41-13-8-5-9-14-41)52-40-26-30-43(55)31-27-40/h4-8,10-12,14-32,50-52H,9,13H2,1-3H3,(H-,54,55)/p+1. The van der Waals surface area contributed by atoms with E-state index in [4.69, 9.17) is 0 Å². The van der Waals surface area contributed by atoms with Crippen molar-refractivity contribution in [2.45, 2.75) is 33.6 Å². The van der Waals surface area contributed by atoms with Gasteiger partial charge in [0, 0.05) is 29.4 Å². The quantitative estimate of drug-likeness (QED) is 0.0394. The lowest BCUT2D eigenvalue weighted by molar-refractivity contribution is 0.474. The zero-order chi connectivity index (χ0) is 38.6. The molecule has 1 aliphatic carbocycles. The molecule has 6 aromatic carbocycles. The van der Waals surface area contributed by atoms with Crippen LogP contribution in [-0.2, 0) is 0 Å². The van der Waals surface area contributed by atoms with Gasteiger partial charge in [-0.1, -0.05) is 101 Å². The van der Waals surface area contributed by atoms with E-state index in [2.05, 4.69) is 151 Å². The Bertz CT molecular complexity index is 2510. The SMILES string of the molecule is Cc1ccc(Nc2c(C)c(-c3ccc(O)cc3)c(Nc3ccc(C)cc3)c([N+](Nc3ccc(O)cc3)(C3=CCC=CC3)c3cccs3)c2-c2ccccc2)cc1. The van der Waals surface area contributed by atoms with Crippen LogP contribution in [0.25, 0.3) is 22.3 Å². The number of nitrogens with zero attached hydrogens (tertiary/aromatic N) is 1. The van der Waals surface area contributed by atoms with E-state index in [9.17, 15) is 10.2 Å². The number of quaternary nitrogens is 1. The third kappa shape index (κ3) is 7.18. The molecule has 8 rings (SSSR count). The van der Waals surface area contributed by atoms with Gasteiger partial charge in [-0.15, -0.1) is 4.59 Å². The van der Waals surface area contributed by atoms with Gasteiger partial charge in [-0.05, 0) is 122 Å². The number of nitrogens with one attached hydrogen (secondary N) is 3. The average Bonchev–Trinajstić information content (AvgIpc) is 3.78. The van der Waals surface area contributed by atoms with Crippen LogP contribution in [-0.4, -0.2) is 10.2 Å². The van der Waals surface area contributed by atoms with E-state index >= 15 is 0 Å². The molecule has 0 saturated heterocycles. The summed E-state index contributed by atoms with van der Waals surface area (Å²) >= 11 is 1.70. The van der Waals surface area contributed by atoms with Gasteiger partial charge >= 0.3 is 0 Å². The smallest absolute Gasteiger partial charge is 0.223 e. The van der Waals surface area contributed by atoms with E-state index in [0.29, 0.717) is 6.42 Å². The van der Waals surface area contributed by atoms with Crippen LogP contribution < -0.4 is 20.7 Å². The lowest BCUT2D eigenvalue weighted by atomic mass is 9.87. The fourth-order valence-corrected chi connectivity index (χ4v) is 8.41. The Morgan fingerprint density at radius 2 is 1.12 bits per heavy atom. The van der Waals surface area contributed by atoms with Crippen LogP contribution in [0.15, 0.2) is 169 Å². The van der Waals surface area contributed by atoms with Gasteiger partial charge in [0.1, 0.15) is 22.9 Å². The van der Waals surface area contributed by atoms with Crippen molar-refractivity contribution >= 4 is 50.5 Å². The summed E-state index contributed by atoms with van der Waals surface area (Å²) in [5, 5.41) is 32.1. The van der Waals surface area contributed by atoms with E-state index in [1.165, 1.54) is 11.1 Å². The summed E-state index contributed by atoms with van der Waals surface area (Å²) in [6, 6.07) is 46.8. The van der Waals surface area contributed by atoms with Crippen molar-refractivity contribution in [3.05, 3.63) is 186 Å². The maximum Gasteiger partial charge on any atom is 0.223 e. The van der Waals surface area contributed by atoms with Crippen LogP contribution in [0, 0.1) is 20.8 Å². The first-order chi connectivity index (χ1) is 27.3. The predicted octanol–water partition coefficient (Wildman–Crippen LogP) is 13.8. The summed E-state index contributed by atoms with van der Waals surface area (Å²) in [4.78, 5) is 0. The Morgan fingerprint density at radius 1 is 0.554 bits per heavy atom. The molecule has 1 heterocycles. The summed E-state index contributed by atoms with van der Waals surface area (Å²) in [5.41, 5.74) is 18.3. The third-order valence-electron chi connectivity index (χ3n) is 10.3. The Morgan fingerprint density at radius 3 is 1.70 bits per heavy atom. The van der Waals surface area contributed by atoms with E-state index in [-0.39, 0.29) is 16.1 Å². The van der Waals surface area contributed by atoms with Gasteiger partial charge in [-0.25, -0.2) is 5.43 Å². The van der Waals surface area contributed by atoms with Gasteiger partial charge in [0.25, 0.3) is 0 Å². The molecule has 5 N–H and O–H groups in total. The normalized spacial score (nSPS) is 13.4. The first-order valence-corrected chi connectivity index (χ1v) is 19.8. The van der Waals surface area contributed by atoms with Crippen molar-refractivity contribution in [2.75, 3.05) is 16.1 Å². The molecule has 278 valence electrons. The second kappa shape index (κ2) is 15.7. The molecule has 0 spiro atoms. The van der Waals surface area contributed by atoms with Gasteiger partial charge in [-0.2, -0.15) is 0 Å². The number of phenols is 2. The van der Waals surface area contributed by atoms with Crippen molar-refractivity contribution in [3.63, 3.8) is 0 Å². The van der Waals surface area contributed by atoms with E-state index < -0.39 is 0 Å². The van der Waals surface area contributed by atoms with Crippen molar-refractivity contribution in [2.24, 2.45) is 0 Å². The molecule has 1 atom stereocenters. The fraction of sp³-hybridized carbons (Fsp3) is 0.102. The number of thiophene rings is 1. The molecule has 0 bridgehead atoms. The summed E-state index contributed by atoms with van der Waals surface area (Å²) in [5.74, 6) is 0.404. The average molecular weight is 754 g/mol. The first-order valence-electron chi connectivity index (χ1n) is 18.9. The molecule has 56 heavy (non-hydrogen) atoms. The Balaban J connectivity index is 1.60. The highest BCUT2D eigenvalue weighted by Gasteiger charge is 2.47. The lowest BCUT2D eigenvalue weighted by Crippen LogP contribution is -2.49. The number of aryl methyl sites for hydroxylation is 2. The molecular formula is C49H45N4O2S+. The van der Waals surface area contributed by atoms with Gasteiger partial charge in [0.05, 0.1) is 16.9 Å². The van der Waals surface area contributed by atoms with Crippen molar-refractivity contribution in [1.82, 2.24) is 4.59 Å². The topological polar surface area (TPSA) is 76.5 Å². The van der Waals surface area contributed by atoms with Gasteiger partial charge in [-0.3, -0.25) is 0 Å². The maximum absolute atomic E-state index is 10.6. The molecule has 0 saturated carbocycles. The van der Waals surface area contributed by atoms with Crippen LogP contribution in [0.4, 0.5) is 39.1 Å². The largest absolute Gasteiger partial charge is 0.508 e. The number of rotatable bonds is 11. The van der Waals surface area contributed by atoms with E-state index in [0.717, 1.165) is 79.1 Å². The molecule has 0 aliphatic heterocycles. The Labute approximate surface area is 332 Å². The summed E-state index contributed by atoms with van der Waals surface area (Å²) in [6.45, 7) is 6.39. The van der Waals surface area contributed by atoms with Crippen LogP contribution in [0.2, 0.25) is 0 Å². The molecule has 6 nitrogen and oxygen atoms in total. The predicted molar refractivity (Wildman–Crippen MR) is 237 cm³/mol. The molecule has 0 amide bonds. The van der Waals surface area contributed by atoms with Crippen LogP contribution in [0.5, 0.6) is 11.5 Å². The highest BCUT2D eigenvalue weighted by molar-refractivity contribution is 7.14. The molecule has 1 unspecified atom stereocenters. The molecule has 7 aromatic rings. The zero-order valence-electron chi connectivity index (χ0n) is 31.8. The van der Waals surface area contributed by atoms with Crippen LogP contribution in [0.3, 0.4) is 0 Å². The van der Waals surface area contributed by atoms with E-state index in [1.54, 1.807) is 35.6 Å².